The summed E-state index contributed by atoms with van der Waals surface area (Å²) in [6, 6.07) is 0.191. The topological polar surface area (TPSA) is 39.1 Å². The fraction of sp³-hybridized carbons (Fsp3) is 0.667. The molecule has 1 aliphatic heterocycles. The summed E-state index contributed by atoms with van der Waals surface area (Å²) < 4.78 is 7.16. The van der Waals surface area contributed by atoms with Gasteiger partial charge in [-0.3, -0.25) is 4.68 Å². The van der Waals surface area contributed by atoms with Crippen LogP contribution in [-0.2, 0) is 11.3 Å². The van der Waals surface area contributed by atoms with Gasteiger partial charge >= 0.3 is 0 Å². The molecule has 0 bridgehead atoms. The van der Waals surface area contributed by atoms with E-state index in [9.17, 15) is 0 Å². The predicted octanol–water partition coefficient (Wildman–Crippen LogP) is 1.22. The Morgan fingerprint density at radius 3 is 3.21 bits per heavy atom. The summed E-state index contributed by atoms with van der Waals surface area (Å²) in [5.74, 6) is 0. The molecule has 1 atom stereocenters. The maximum absolute atomic E-state index is 6.16. The van der Waals surface area contributed by atoms with Gasteiger partial charge in [0.15, 0.2) is 0 Å². The van der Waals surface area contributed by atoms with E-state index in [2.05, 4.69) is 10.4 Å². The summed E-state index contributed by atoms with van der Waals surface area (Å²) in [4.78, 5) is 0. The standard InChI is InChI=1S/C9H14ClN3O/c1-2-13-9(10)7(5-12-13)8-6-14-4-3-11-8/h5,8,11H,2-4,6H2,1H3. The SMILES string of the molecule is CCn1ncc(C2COCCN2)c1Cl. The van der Waals surface area contributed by atoms with Crippen LogP contribution in [-0.4, -0.2) is 29.5 Å². The number of rotatable bonds is 2. The summed E-state index contributed by atoms with van der Waals surface area (Å²) in [5, 5.41) is 8.27. The number of aryl methyl sites for hydroxylation is 1. The minimum atomic E-state index is 0.191. The molecule has 5 heteroatoms. The first kappa shape index (κ1) is 9.96. The van der Waals surface area contributed by atoms with Crippen LogP contribution in [0.1, 0.15) is 18.5 Å². The molecule has 1 N–H and O–H groups in total. The molecule has 1 unspecified atom stereocenters. The molecule has 1 aliphatic rings. The quantitative estimate of drug-likeness (QED) is 0.807. The lowest BCUT2D eigenvalue weighted by molar-refractivity contribution is 0.0769. The summed E-state index contributed by atoms with van der Waals surface area (Å²) in [7, 11) is 0. The van der Waals surface area contributed by atoms with Crippen LogP contribution < -0.4 is 5.32 Å². The Labute approximate surface area is 88.2 Å². The highest BCUT2D eigenvalue weighted by atomic mass is 35.5. The summed E-state index contributed by atoms with van der Waals surface area (Å²) >= 11 is 6.16. The number of ether oxygens (including phenoxy) is 1. The number of hydrogen-bond donors (Lipinski definition) is 1. The number of aromatic nitrogens is 2. The summed E-state index contributed by atoms with van der Waals surface area (Å²) in [5.41, 5.74) is 1.04. The van der Waals surface area contributed by atoms with Crippen LogP contribution >= 0.6 is 11.6 Å². The molecule has 0 saturated carbocycles. The number of halogens is 1. The van der Waals surface area contributed by atoms with Gasteiger partial charge in [0.25, 0.3) is 0 Å². The van der Waals surface area contributed by atoms with Gasteiger partial charge in [-0.05, 0) is 6.92 Å². The van der Waals surface area contributed by atoms with Gasteiger partial charge in [0.05, 0.1) is 25.5 Å². The molecule has 1 fully saturated rings. The van der Waals surface area contributed by atoms with Crippen LogP contribution in [0.3, 0.4) is 0 Å². The van der Waals surface area contributed by atoms with E-state index in [0.717, 1.165) is 30.4 Å². The Morgan fingerprint density at radius 2 is 2.64 bits per heavy atom. The smallest absolute Gasteiger partial charge is 0.131 e. The first-order valence-electron chi connectivity index (χ1n) is 4.85. The zero-order valence-electron chi connectivity index (χ0n) is 8.16. The van der Waals surface area contributed by atoms with Crippen molar-refractivity contribution in [3.8, 4) is 0 Å². The Hall–Kier alpha value is -0.580. The van der Waals surface area contributed by atoms with E-state index in [1.807, 2.05) is 13.1 Å². The number of nitrogens with zero attached hydrogens (tertiary/aromatic N) is 2. The highest BCUT2D eigenvalue weighted by Crippen LogP contribution is 2.23. The van der Waals surface area contributed by atoms with Gasteiger partial charge in [0, 0.05) is 18.7 Å². The van der Waals surface area contributed by atoms with Gasteiger partial charge in [0.2, 0.25) is 0 Å². The van der Waals surface area contributed by atoms with Crippen molar-refractivity contribution < 1.29 is 4.74 Å². The second-order valence-electron chi connectivity index (χ2n) is 3.29. The van der Waals surface area contributed by atoms with Crippen molar-refractivity contribution in [3.63, 3.8) is 0 Å². The van der Waals surface area contributed by atoms with E-state index in [1.165, 1.54) is 0 Å². The van der Waals surface area contributed by atoms with E-state index in [-0.39, 0.29) is 6.04 Å². The fourth-order valence-corrected chi connectivity index (χ4v) is 1.95. The maximum atomic E-state index is 6.16. The van der Waals surface area contributed by atoms with Crippen LogP contribution in [0, 0.1) is 0 Å². The third kappa shape index (κ3) is 1.78. The zero-order valence-corrected chi connectivity index (χ0v) is 8.92. The molecular weight excluding hydrogens is 202 g/mol. The van der Waals surface area contributed by atoms with Crippen LogP contribution in [0.2, 0.25) is 5.15 Å². The molecule has 0 radical (unpaired) electrons. The molecular formula is C9H14ClN3O. The highest BCUT2D eigenvalue weighted by Gasteiger charge is 2.20. The molecule has 0 amide bonds. The third-order valence-electron chi connectivity index (χ3n) is 2.40. The van der Waals surface area contributed by atoms with E-state index < -0.39 is 0 Å². The van der Waals surface area contributed by atoms with Crippen molar-refractivity contribution in [3.05, 3.63) is 16.9 Å². The van der Waals surface area contributed by atoms with Gasteiger partial charge in [-0.2, -0.15) is 5.10 Å². The lowest BCUT2D eigenvalue weighted by Gasteiger charge is -2.23. The predicted molar refractivity (Wildman–Crippen MR) is 54.5 cm³/mol. The minimum absolute atomic E-state index is 0.191. The summed E-state index contributed by atoms with van der Waals surface area (Å²) in [6.45, 7) is 5.14. The first-order valence-corrected chi connectivity index (χ1v) is 5.23. The number of nitrogens with one attached hydrogen (secondary N) is 1. The molecule has 2 rings (SSSR count). The Bertz CT molecular complexity index is 307. The monoisotopic (exact) mass is 215 g/mol. The molecule has 1 aromatic heterocycles. The fourth-order valence-electron chi connectivity index (χ4n) is 1.60. The van der Waals surface area contributed by atoms with Gasteiger partial charge in [-0.25, -0.2) is 0 Å². The van der Waals surface area contributed by atoms with E-state index in [4.69, 9.17) is 16.3 Å². The Kier molecular flexibility index (Phi) is 3.05. The molecule has 78 valence electrons. The second-order valence-corrected chi connectivity index (χ2v) is 3.65. The second kappa shape index (κ2) is 4.29. The van der Waals surface area contributed by atoms with Crippen LogP contribution in [0.5, 0.6) is 0 Å². The molecule has 2 heterocycles. The van der Waals surface area contributed by atoms with Gasteiger partial charge in [0.1, 0.15) is 5.15 Å². The molecule has 1 saturated heterocycles. The first-order chi connectivity index (χ1) is 6.83. The van der Waals surface area contributed by atoms with Crippen molar-refractivity contribution >= 4 is 11.6 Å². The van der Waals surface area contributed by atoms with Gasteiger partial charge < -0.3 is 10.1 Å². The molecule has 0 spiro atoms. The van der Waals surface area contributed by atoms with Crippen molar-refractivity contribution in [1.29, 1.82) is 0 Å². The van der Waals surface area contributed by atoms with Crippen LogP contribution in [0.25, 0.3) is 0 Å². The molecule has 4 nitrogen and oxygen atoms in total. The third-order valence-corrected chi connectivity index (χ3v) is 2.81. The van der Waals surface area contributed by atoms with E-state index in [1.54, 1.807) is 4.68 Å². The lowest BCUT2D eigenvalue weighted by atomic mass is 10.1. The Balaban J connectivity index is 2.18. The molecule has 0 aliphatic carbocycles. The minimum Gasteiger partial charge on any atom is -0.378 e. The van der Waals surface area contributed by atoms with Crippen LogP contribution in [0.4, 0.5) is 0 Å². The number of morpholine rings is 1. The zero-order chi connectivity index (χ0) is 9.97. The normalized spacial score (nSPS) is 22.6. The summed E-state index contributed by atoms with van der Waals surface area (Å²) in [6.07, 6.45) is 1.82. The molecule has 0 aromatic carbocycles. The van der Waals surface area contributed by atoms with E-state index in [0.29, 0.717) is 6.61 Å². The number of hydrogen-bond acceptors (Lipinski definition) is 3. The lowest BCUT2D eigenvalue weighted by Crippen LogP contribution is -2.34. The average Bonchev–Trinajstić information content (AvgIpc) is 2.61. The average molecular weight is 216 g/mol. The molecule has 14 heavy (non-hydrogen) atoms. The largest absolute Gasteiger partial charge is 0.378 e. The molecule has 1 aromatic rings. The van der Waals surface area contributed by atoms with E-state index >= 15 is 0 Å². The van der Waals surface area contributed by atoms with Crippen molar-refractivity contribution in [2.45, 2.75) is 19.5 Å². The van der Waals surface area contributed by atoms with Gasteiger partial charge in [-0.15, -0.1) is 0 Å². The van der Waals surface area contributed by atoms with Crippen molar-refractivity contribution in [2.75, 3.05) is 19.8 Å². The Morgan fingerprint density at radius 1 is 1.79 bits per heavy atom. The highest BCUT2D eigenvalue weighted by molar-refractivity contribution is 6.30. The van der Waals surface area contributed by atoms with Crippen LogP contribution in [0.15, 0.2) is 6.20 Å². The maximum Gasteiger partial charge on any atom is 0.131 e. The van der Waals surface area contributed by atoms with Gasteiger partial charge in [-0.1, -0.05) is 11.6 Å². The van der Waals surface area contributed by atoms with Crippen molar-refractivity contribution in [1.82, 2.24) is 15.1 Å². The van der Waals surface area contributed by atoms with Crippen molar-refractivity contribution in [2.24, 2.45) is 0 Å².